The smallest absolute Gasteiger partial charge is 0.338 e. The number of carbonyl (C=O) groups is 2. The average molecular weight is 416 g/mol. The van der Waals surface area contributed by atoms with Crippen LogP contribution < -0.4 is 4.72 Å². The van der Waals surface area contributed by atoms with Crippen molar-refractivity contribution in [1.82, 2.24) is 9.62 Å². The SMILES string of the molecule is CCOC(=O)c1ccc(S(=O)(=O)NC2CCCN(C(=O)c3ccccc3)C2)cc1. The summed E-state index contributed by atoms with van der Waals surface area (Å²) in [5.41, 5.74) is 0.883. The molecule has 0 aromatic heterocycles. The van der Waals surface area contributed by atoms with Gasteiger partial charge >= 0.3 is 5.97 Å². The molecular weight excluding hydrogens is 392 g/mol. The fraction of sp³-hybridized carbons (Fsp3) is 0.333. The van der Waals surface area contributed by atoms with Crippen molar-refractivity contribution in [3.05, 3.63) is 65.7 Å². The molecule has 1 amide bonds. The molecule has 0 aliphatic carbocycles. The third-order valence-electron chi connectivity index (χ3n) is 4.73. The fourth-order valence-electron chi connectivity index (χ4n) is 3.29. The molecule has 1 atom stereocenters. The molecule has 2 aromatic carbocycles. The van der Waals surface area contributed by atoms with Gasteiger partial charge in [0.2, 0.25) is 10.0 Å². The van der Waals surface area contributed by atoms with Crippen LogP contribution >= 0.6 is 0 Å². The van der Waals surface area contributed by atoms with Crippen LogP contribution in [0.4, 0.5) is 0 Å². The van der Waals surface area contributed by atoms with E-state index in [0.29, 0.717) is 37.1 Å². The Kier molecular flexibility index (Phi) is 6.66. The van der Waals surface area contributed by atoms with Crippen LogP contribution in [0.1, 0.15) is 40.5 Å². The van der Waals surface area contributed by atoms with Gasteiger partial charge in [-0.1, -0.05) is 18.2 Å². The normalized spacial score (nSPS) is 17.0. The minimum atomic E-state index is -3.77. The second-order valence-corrected chi connectivity index (χ2v) is 8.54. The number of piperidine rings is 1. The highest BCUT2D eigenvalue weighted by Gasteiger charge is 2.28. The van der Waals surface area contributed by atoms with E-state index < -0.39 is 16.0 Å². The molecule has 1 fully saturated rings. The van der Waals surface area contributed by atoms with Gasteiger partial charge in [-0.05, 0) is 56.2 Å². The van der Waals surface area contributed by atoms with Crippen LogP contribution in [0, 0.1) is 0 Å². The van der Waals surface area contributed by atoms with Gasteiger partial charge in [-0.2, -0.15) is 0 Å². The van der Waals surface area contributed by atoms with Crippen molar-refractivity contribution in [1.29, 1.82) is 0 Å². The Balaban J connectivity index is 1.66. The molecular formula is C21H24N2O5S. The number of sulfonamides is 1. The number of likely N-dealkylation sites (tertiary alicyclic amines) is 1. The van der Waals surface area contributed by atoms with Gasteiger partial charge in [-0.25, -0.2) is 17.9 Å². The van der Waals surface area contributed by atoms with Gasteiger partial charge in [0.05, 0.1) is 17.1 Å². The van der Waals surface area contributed by atoms with Crippen molar-refractivity contribution in [3.63, 3.8) is 0 Å². The van der Waals surface area contributed by atoms with Crippen molar-refractivity contribution >= 4 is 21.9 Å². The molecule has 7 nitrogen and oxygen atoms in total. The number of benzene rings is 2. The molecule has 8 heteroatoms. The van der Waals surface area contributed by atoms with Gasteiger partial charge in [0.15, 0.2) is 0 Å². The summed E-state index contributed by atoms with van der Waals surface area (Å²) in [4.78, 5) is 26.1. The molecule has 0 bridgehead atoms. The van der Waals surface area contributed by atoms with E-state index in [2.05, 4.69) is 4.72 Å². The van der Waals surface area contributed by atoms with Crippen LogP contribution in [0.3, 0.4) is 0 Å². The summed E-state index contributed by atoms with van der Waals surface area (Å²) in [6.45, 7) is 2.87. The molecule has 29 heavy (non-hydrogen) atoms. The number of ether oxygens (including phenoxy) is 1. The number of esters is 1. The first-order chi connectivity index (χ1) is 13.9. The van der Waals surface area contributed by atoms with Crippen molar-refractivity contribution in [2.75, 3.05) is 19.7 Å². The maximum absolute atomic E-state index is 12.7. The molecule has 2 aromatic rings. The number of hydrogen-bond acceptors (Lipinski definition) is 5. The minimum absolute atomic E-state index is 0.0667. The second kappa shape index (κ2) is 9.19. The molecule has 1 saturated heterocycles. The standard InChI is InChI=1S/C21H24N2O5S/c1-2-28-21(25)17-10-12-19(13-11-17)29(26,27)22-18-9-6-14-23(15-18)20(24)16-7-4-3-5-8-16/h3-5,7-8,10-13,18,22H,2,6,9,14-15H2,1H3. The van der Waals surface area contributed by atoms with E-state index in [-0.39, 0.29) is 23.5 Å². The van der Waals surface area contributed by atoms with Crippen LogP contribution in [-0.4, -0.2) is 50.9 Å². The largest absolute Gasteiger partial charge is 0.462 e. The zero-order chi connectivity index (χ0) is 20.9. The highest BCUT2D eigenvalue weighted by Crippen LogP contribution is 2.17. The summed E-state index contributed by atoms with van der Waals surface area (Å²) in [6.07, 6.45) is 1.37. The molecule has 3 rings (SSSR count). The maximum atomic E-state index is 12.7. The Morgan fingerprint density at radius 2 is 1.76 bits per heavy atom. The minimum Gasteiger partial charge on any atom is -0.462 e. The number of carbonyl (C=O) groups excluding carboxylic acids is 2. The van der Waals surface area contributed by atoms with E-state index in [4.69, 9.17) is 4.74 Å². The van der Waals surface area contributed by atoms with E-state index in [9.17, 15) is 18.0 Å². The molecule has 1 aliphatic rings. The van der Waals surface area contributed by atoms with E-state index in [0.717, 1.165) is 0 Å². The van der Waals surface area contributed by atoms with Crippen molar-refractivity contribution < 1.29 is 22.7 Å². The van der Waals surface area contributed by atoms with Gasteiger partial charge < -0.3 is 9.64 Å². The van der Waals surface area contributed by atoms with E-state index >= 15 is 0 Å². The van der Waals surface area contributed by atoms with Gasteiger partial charge in [-0.15, -0.1) is 0 Å². The fourth-order valence-corrected chi connectivity index (χ4v) is 4.55. The number of nitrogens with one attached hydrogen (secondary N) is 1. The van der Waals surface area contributed by atoms with E-state index in [1.807, 2.05) is 6.07 Å². The van der Waals surface area contributed by atoms with Crippen LogP contribution in [-0.2, 0) is 14.8 Å². The molecule has 0 radical (unpaired) electrons. The average Bonchev–Trinajstić information content (AvgIpc) is 2.74. The highest BCUT2D eigenvalue weighted by atomic mass is 32.2. The summed E-state index contributed by atoms with van der Waals surface area (Å²) in [6, 6.07) is 14.2. The zero-order valence-corrected chi connectivity index (χ0v) is 17.0. The van der Waals surface area contributed by atoms with Gasteiger partial charge in [-0.3, -0.25) is 4.79 Å². The van der Waals surface area contributed by atoms with Crippen molar-refractivity contribution in [2.24, 2.45) is 0 Å². The van der Waals surface area contributed by atoms with Crippen molar-refractivity contribution in [3.8, 4) is 0 Å². The van der Waals surface area contributed by atoms with E-state index in [1.165, 1.54) is 24.3 Å². The molecule has 0 saturated carbocycles. The lowest BCUT2D eigenvalue weighted by Crippen LogP contribution is -2.49. The molecule has 0 spiro atoms. The predicted octanol–water partition coefficient (Wildman–Crippen LogP) is 2.45. The first-order valence-corrected chi connectivity index (χ1v) is 11.0. The lowest BCUT2D eigenvalue weighted by atomic mass is 10.1. The third-order valence-corrected chi connectivity index (χ3v) is 6.26. The van der Waals surface area contributed by atoms with Gasteiger partial charge in [0, 0.05) is 24.7 Å². The predicted molar refractivity (Wildman–Crippen MR) is 108 cm³/mol. The summed E-state index contributed by atoms with van der Waals surface area (Å²) in [5.74, 6) is -0.597. The quantitative estimate of drug-likeness (QED) is 0.730. The molecule has 1 heterocycles. The lowest BCUT2D eigenvalue weighted by Gasteiger charge is -2.33. The van der Waals surface area contributed by atoms with Crippen LogP contribution in [0.2, 0.25) is 0 Å². The van der Waals surface area contributed by atoms with Gasteiger partial charge in [0.25, 0.3) is 5.91 Å². The number of rotatable bonds is 6. The molecule has 1 unspecified atom stereocenters. The number of hydrogen-bond donors (Lipinski definition) is 1. The Morgan fingerprint density at radius 1 is 1.07 bits per heavy atom. The summed E-state index contributed by atoms with van der Waals surface area (Å²) < 4.78 is 33.0. The monoisotopic (exact) mass is 416 g/mol. The van der Waals surface area contributed by atoms with Gasteiger partial charge in [0.1, 0.15) is 0 Å². The topological polar surface area (TPSA) is 92.8 Å². The Morgan fingerprint density at radius 3 is 2.41 bits per heavy atom. The van der Waals surface area contributed by atoms with Crippen molar-refractivity contribution in [2.45, 2.75) is 30.7 Å². The Bertz CT molecular complexity index is 958. The summed E-state index contributed by atoms with van der Waals surface area (Å²) in [7, 11) is -3.77. The number of amides is 1. The first kappa shape index (κ1) is 21.0. The Labute approximate surface area is 170 Å². The van der Waals surface area contributed by atoms with Crippen LogP contribution in [0.25, 0.3) is 0 Å². The summed E-state index contributed by atoms with van der Waals surface area (Å²) >= 11 is 0. The third kappa shape index (κ3) is 5.21. The Hall–Kier alpha value is -2.71. The highest BCUT2D eigenvalue weighted by molar-refractivity contribution is 7.89. The lowest BCUT2D eigenvalue weighted by molar-refractivity contribution is 0.0526. The molecule has 1 N–H and O–H groups in total. The van der Waals surface area contributed by atoms with E-state index in [1.54, 1.807) is 36.1 Å². The number of nitrogens with zero attached hydrogens (tertiary/aromatic N) is 1. The van der Waals surface area contributed by atoms with Crippen LogP contribution in [0.15, 0.2) is 59.5 Å². The second-order valence-electron chi connectivity index (χ2n) is 6.82. The molecule has 154 valence electrons. The first-order valence-electron chi connectivity index (χ1n) is 9.54. The maximum Gasteiger partial charge on any atom is 0.338 e. The zero-order valence-electron chi connectivity index (χ0n) is 16.2. The van der Waals surface area contributed by atoms with Crippen LogP contribution in [0.5, 0.6) is 0 Å². The molecule has 1 aliphatic heterocycles. The summed E-state index contributed by atoms with van der Waals surface area (Å²) in [5, 5.41) is 0.